The molecule has 0 spiro atoms. The standard InChI is InChI=1S/C23H31FN4O2S/c1-2-15-31(29,30)28(18-20-5-7-21(24)8-6-20)22-9-10-23(25-16-22)27-13-11-26(12-14-27)17-19-3-4-19/h5-10,16,19H,2-4,11-15,17-18H2,1H3. The Balaban J connectivity index is 1.47. The van der Waals surface area contributed by atoms with Crippen molar-refractivity contribution in [2.45, 2.75) is 32.7 Å². The first-order valence-electron chi connectivity index (χ1n) is 11.1. The topological polar surface area (TPSA) is 56.8 Å². The van der Waals surface area contributed by atoms with Gasteiger partial charge in [0.15, 0.2) is 0 Å². The minimum Gasteiger partial charge on any atom is -0.354 e. The molecule has 168 valence electrons. The van der Waals surface area contributed by atoms with Crippen LogP contribution in [-0.2, 0) is 16.6 Å². The molecule has 2 heterocycles. The molecule has 1 aliphatic heterocycles. The van der Waals surface area contributed by atoms with Gasteiger partial charge in [0.2, 0.25) is 10.0 Å². The van der Waals surface area contributed by atoms with Gasteiger partial charge in [0.25, 0.3) is 0 Å². The summed E-state index contributed by atoms with van der Waals surface area (Å²) in [4.78, 5) is 9.39. The maximum atomic E-state index is 13.3. The molecule has 0 bridgehead atoms. The average molecular weight is 447 g/mol. The van der Waals surface area contributed by atoms with Crippen LogP contribution in [0.5, 0.6) is 0 Å². The van der Waals surface area contributed by atoms with E-state index < -0.39 is 10.0 Å². The molecule has 2 aromatic rings. The summed E-state index contributed by atoms with van der Waals surface area (Å²) < 4.78 is 40.5. The predicted octanol–water partition coefficient (Wildman–Crippen LogP) is 3.50. The van der Waals surface area contributed by atoms with Crippen LogP contribution in [0.15, 0.2) is 42.6 Å². The van der Waals surface area contributed by atoms with Crippen LogP contribution >= 0.6 is 0 Å². The van der Waals surface area contributed by atoms with Crippen LogP contribution in [0.4, 0.5) is 15.9 Å². The first-order chi connectivity index (χ1) is 14.9. The van der Waals surface area contributed by atoms with E-state index >= 15 is 0 Å². The second kappa shape index (κ2) is 9.53. The average Bonchev–Trinajstić information content (AvgIpc) is 3.58. The Kier molecular flexibility index (Phi) is 6.77. The van der Waals surface area contributed by atoms with Crippen molar-refractivity contribution < 1.29 is 12.8 Å². The highest BCUT2D eigenvalue weighted by atomic mass is 32.2. The summed E-state index contributed by atoms with van der Waals surface area (Å²) in [6, 6.07) is 9.68. The first kappa shape index (κ1) is 22.0. The molecule has 4 rings (SSSR count). The molecule has 2 aliphatic rings. The molecular weight excluding hydrogens is 415 g/mol. The molecule has 6 nitrogen and oxygen atoms in total. The maximum absolute atomic E-state index is 13.3. The molecule has 0 radical (unpaired) electrons. The lowest BCUT2D eigenvalue weighted by molar-refractivity contribution is 0.247. The summed E-state index contributed by atoms with van der Waals surface area (Å²) in [5.74, 6) is 1.50. The van der Waals surface area contributed by atoms with Crippen LogP contribution in [0, 0.1) is 11.7 Å². The predicted molar refractivity (Wildman–Crippen MR) is 122 cm³/mol. The number of hydrogen-bond acceptors (Lipinski definition) is 5. The lowest BCUT2D eigenvalue weighted by Gasteiger charge is -2.35. The summed E-state index contributed by atoms with van der Waals surface area (Å²) >= 11 is 0. The summed E-state index contributed by atoms with van der Waals surface area (Å²) in [7, 11) is -3.51. The summed E-state index contributed by atoms with van der Waals surface area (Å²) in [5, 5.41) is 0. The van der Waals surface area contributed by atoms with Gasteiger partial charge in [-0.2, -0.15) is 0 Å². The van der Waals surface area contributed by atoms with E-state index in [1.165, 1.54) is 35.8 Å². The van der Waals surface area contributed by atoms with Crippen molar-refractivity contribution in [2.75, 3.05) is 47.7 Å². The van der Waals surface area contributed by atoms with Crippen molar-refractivity contribution in [3.63, 3.8) is 0 Å². The Morgan fingerprint density at radius 1 is 1.06 bits per heavy atom. The third-order valence-electron chi connectivity index (χ3n) is 5.97. The van der Waals surface area contributed by atoms with E-state index in [9.17, 15) is 12.8 Å². The van der Waals surface area contributed by atoms with Gasteiger partial charge in [0, 0.05) is 32.7 Å². The van der Waals surface area contributed by atoms with Gasteiger partial charge in [0.05, 0.1) is 24.2 Å². The number of sulfonamides is 1. The smallest absolute Gasteiger partial charge is 0.235 e. The molecule has 0 amide bonds. The molecule has 1 aromatic heterocycles. The molecule has 2 fully saturated rings. The molecule has 0 atom stereocenters. The SMILES string of the molecule is CCCS(=O)(=O)N(Cc1ccc(F)cc1)c1ccc(N2CCN(CC3CC3)CC2)nc1. The minimum atomic E-state index is -3.51. The van der Waals surface area contributed by atoms with Crippen LogP contribution in [0.2, 0.25) is 0 Å². The van der Waals surface area contributed by atoms with Gasteiger partial charge < -0.3 is 4.90 Å². The van der Waals surface area contributed by atoms with Crippen LogP contribution in [-0.4, -0.2) is 56.8 Å². The second-order valence-corrected chi connectivity index (χ2v) is 10.6. The van der Waals surface area contributed by atoms with E-state index in [1.807, 2.05) is 19.1 Å². The lowest BCUT2D eigenvalue weighted by Crippen LogP contribution is -2.47. The number of nitrogens with zero attached hydrogens (tertiary/aromatic N) is 4. The van der Waals surface area contributed by atoms with Gasteiger partial charge in [-0.1, -0.05) is 19.1 Å². The van der Waals surface area contributed by atoms with Crippen LogP contribution in [0.1, 0.15) is 31.7 Å². The zero-order valence-corrected chi connectivity index (χ0v) is 18.9. The van der Waals surface area contributed by atoms with Crippen LogP contribution in [0.25, 0.3) is 0 Å². The van der Waals surface area contributed by atoms with Gasteiger partial charge in [-0.05, 0) is 55.0 Å². The van der Waals surface area contributed by atoms with Crippen molar-refractivity contribution in [1.29, 1.82) is 0 Å². The van der Waals surface area contributed by atoms with E-state index in [1.54, 1.807) is 18.3 Å². The van der Waals surface area contributed by atoms with Gasteiger partial charge in [0.1, 0.15) is 11.6 Å². The highest BCUT2D eigenvalue weighted by Gasteiger charge is 2.27. The Hall–Kier alpha value is -2.19. The maximum Gasteiger partial charge on any atom is 0.235 e. The monoisotopic (exact) mass is 446 g/mol. The highest BCUT2D eigenvalue weighted by molar-refractivity contribution is 7.92. The zero-order chi connectivity index (χ0) is 21.8. The molecule has 31 heavy (non-hydrogen) atoms. The minimum absolute atomic E-state index is 0.0545. The molecule has 1 aromatic carbocycles. The number of pyridine rings is 1. The van der Waals surface area contributed by atoms with Gasteiger partial charge in [-0.3, -0.25) is 9.21 Å². The van der Waals surface area contributed by atoms with E-state index in [2.05, 4.69) is 14.8 Å². The van der Waals surface area contributed by atoms with Crippen molar-refractivity contribution in [3.8, 4) is 0 Å². The summed E-state index contributed by atoms with van der Waals surface area (Å²) in [5.41, 5.74) is 1.27. The van der Waals surface area contributed by atoms with E-state index in [0.29, 0.717) is 12.1 Å². The number of halogens is 1. The number of anilines is 2. The number of aromatic nitrogens is 1. The Morgan fingerprint density at radius 3 is 2.35 bits per heavy atom. The zero-order valence-electron chi connectivity index (χ0n) is 18.1. The normalized spacial score (nSPS) is 17.7. The highest BCUT2D eigenvalue weighted by Crippen LogP contribution is 2.30. The Morgan fingerprint density at radius 2 is 1.77 bits per heavy atom. The molecular formula is C23H31FN4O2S. The summed E-state index contributed by atoms with van der Waals surface area (Å²) in [6.07, 6.45) is 4.92. The number of rotatable bonds is 9. The van der Waals surface area contributed by atoms with Crippen molar-refractivity contribution >= 4 is 21.5 Å². The fourth-order valence-electron chi connectivity index (χ4n) is 4.01. The van der Waals surface area contributed by atoms with Gasteiger partial charge in [-0.15, -0.1) is 0 Å². The quantitative estimate of drug-likeness (QED) is 0.590. The fraction of sp³-hybridized carbons (Fsp3) is 0.522. The van der Waals surface area contributed by atoms with E-state index in [0.717, 1.165) is 43.5 Å². The van der Waals surface area contributed by atoms with Crippen LogP contribution in [0.3, 0.4) is 0 Å². The molecule has 1 saturated heterocycles. The van der Waals surface area contributed by atoms with Crippen molar-refractivity contribution in [2.24, 2.45) is 5.92 Å². The first-order valence-corrected chi connectivity index (χ1v) is 12.7. The molecule has 0 N–H and O–H groups in total. The number of piperazine rings is 1. The Bertz CT molecular complexity index is 954. The van der Waals surface area contributed by atoms with Gasteiger partial charge >= 0.3 is 0 Å². The largest absolute Gasteiger partial charge is 0.354 e. The second-order valence-electron chi connectivity index (χ2n) is 8.55. The van der Waals surface area contributed by atoms with Crippen molar-refractivity contribution in [1.82, 2.24) is 9.88 Å². The summed E-state index contributed by atoms with van der Waals surface area (Å²) in [6.45, 7) is 7.18. The fourth-order valence-corrected chi connectivity index (χ4v) is 5.52. The number of benzene rings is 1. The van der Waals surface area contributed by atoms with Crippen LogP contribution < -0.4 is 9.21 Å². The van der Waals surface area contributed by atoms with E-state index in [4.69, 9.17) is 0 Å². The van der Waals surface area contributed by atoms with Crippen molar-refractivity contribution in [3.05, 3.63) is 54.0 Å². The third kappa shape index (κ3) is 5.74. The molecule has 0 unspecified atom stereocenters. The van der Waals surface area contributed by atoms with E-state index in [-0.39, 0.29) is 18.1 Å². The lowest BCUT2D eigenvalue weighted by atomic mass is 10.2. The van der Waals surface area contributed by atoms with Gasteiger partial charge in [-0.25, -0.2) is 17.8 Å². The number of hydrogen-bond donors (Lipinski definition) is 0. The molecule has 1 aliphatic carbocycles. The molecule has 8 heteroatoms. The third-order valence-corrected chi connectivity index (χ3v) is 7.90. The Labute approximate surface area is 184 Å². The molecule has 1 saturated carbocycles.